The van der Waals surface area contributed by atoms with Crippen LogP contribution in [0, 0.1) is 6.92 Å². The molecule has 0 unspecified atom stereocenters. The van der Waals surface area contributed by atoms with Crippen LogP contribution < -0.4 is 10.6 Å². The van der Waals surface area contributed by atoms with Crippen molar-refractivity contribution in [1.82, 2.24) is 10.3 Å². The van der Waals surface area contributed by atoms with E-state index in [4.69, 9.17) is 0 Å². The van der Waals surface area contributed by atoms with E-state index in [0.29, 0.717) is 11.7 Å². The third kappa shape index (κ3) is 5.03. The Morgan fingerprint density at radius 3 is 2.78 bits per heavy atom. The Bertz CT molecular complexity index is 955. The van der Waals surface area contributed by atoms with Gasteiger partial charge in [-0.1, -0.05) is 13.3 Å². The number of nitrogens with zero attached hydrogens (tertiary/aromatic N) is 1. The molecule has 8 heteroatoms. The van der Waals surface area contributed by atoms with Crippen LogP contribution in [0.4, 0.5) is 5.13 Å². The molecule has 0 radical (unpaired) electrons. The number of amides is 2. The Morgan fingerprint density at radius 2 is 2.04 bits per heavy atom. The van der Waals surface area contributed by atoms with Crippen molar-refractivity contribution in [3.05, 3.63) is 43.8 Å². The number of hydrogen-bond donors (Lipinski definition) is 2. The lowest BCUT2D eigenvalue weighted by Gasteiger charge is -1.98. The largest absolute Gasteiger partial charge is 0.351 e. The van der Waals surface area contributed by atoms with E-state index < -0.39 is 0 Å². The van der Waals surface area contributed by atoms with Crippen molar-refractivity contribution in [2.75, 3.05) is 5.32 Å². The van der Waals surface area contributed by atoms with Crippen LogP contribution in [-0.2, 0) is 17.8 Å². The van der Waals surface area contributed by atoms with Gasteiger partial charge in [-0.3, -0.25) is 14.9 Å². The summed E-state index contributed by atoms with van der Waals surface area (Å²) in [4.78, 5) is 32.1. The number of carbonyl (C=O) groups excluding carboxylic acids is 2. The molecule has 0 bridgehead atoms. The van der Waals surface area contributed by atoms with Crippen molar-refractivity contribution in [2.45, 2.75) is 40.2 Å². The van der Waals surface area contributed by atoms with Gasteiger partial charge in [0.25, 0.3) is 5.91 Å². The van der Waals surface area contributed by atoms with Gasteiger partial charge < -0.3 is 5.32 Å². The monoisotopic (exact) mass is 419 g/mol. The summed E-state index contributed by atoms with van der Waals surface area (Å²) in [6, 6.07) is 5.96. The summed E-state index contributed by atoms with van der Waals surface area (Å²) in [5.74, 6) is -0.154. The summed E-state index contributed by atoms with van der Waals surface area (Å²) in [5.41, 5.74) is 2.08. The first-order valence-corrected chi connectivity index (χ1v) is 11.2. The zero-order valence-electron chi connectivity index (χ0n) is 15.4. The van der Waals surface area contributed by atoms with Crippen molar-refractivity contribution in [3.8, 4) is 10.6 Å². The van der Waals surface area contributed by atoms with Crippen LogP contribution in [0.2, 0.25) is 0 Å². The standard InChI is InChI=1S/C19H21N3O2S3/c1-4-5-13-8-17(26-11(13)2)18(24)22-19-21-15(10-25-19)16-7-6-14(27-16)9-20-12(3)23/h6-8,10H,4-5,9H2,1-3H3,(H,20,23)(H,21,22,24). The fourth-order valence-corrected chi connectivity index (χ4v) is 5.23. The summed E-state index contributed by atoms with van der Waals surface area (Å²) < 4.78 is 0. The van der Waals surface area contributed by atoms with Gasteiger partial charge >= 0.3 is 0 Å². The number of thiophene rings is 2. The molecular formula is C19H21N3O2S3. The first kappa shape index (κ1) is 19.7. The van der Waals surface area contributed by atoms with Crippen LogP contribution in [0.1, 0.15) is 45.3 Å². The van der Waals surface area contributed by atoms with E-state index in [9.17, 15) is 9.59 Å². The third-order valence-electron chi connectivity index (χ3n) is 3.91. The number of hydrogen-bond acceptors (Lipinski definition) is 6. The molecule has 0 saturated carbocycles. The highest BCUT2D eigenvalue weighted by Gasteiger charge is 2.15. The van der Waals surface area contributed by atoms with Crippen molar-refractivity contribution in [1.29, 1.82) is 0 Å². The summed E-state index contributed by atoms with van der Waals surface area (Å²) in [6.07, 6.45) is 2.06. The first-order chi connectivity index (χ1) is 13.0. The highest BCUT2D eigenvalue weighted by atomic mass is 32.1. The lowest BCUT2D eigenvalue weighted by Crippen LogP contribution is -2.17. The fourth-order valence-electron chi connectivity index (χ4n) is 2.57. The van der Waals surface area contributed by atoms with Crippen LogP contribution in [-0.4, -0.2) is 16.8 Å². The molecule has 3 aromatic rings. The van der Waals surface area contributed by atoms with Gasteiger partial charge in [-0.25, -0.2) is 4.98 Å². The molecule has 0 spiro atoms. The molecule has 142 valence electrons. The minimum absolute atomic E-state index is 0.0467. The van der Waals surface area contributed by atoms with Crippen LogP contribution in [0.3, 0.4) is 0 Å². The molecule has 0 atom stereocenters. The average Bonchev–Trinajstić information content (AvgIpc) is 3.34. The number of thiazole rings is 1. The number of aromatic nitrogens is 1. The second-order valence-electron chi connectivity index (χ2n) is 6.11. The minimum Gasteiger partial charge on any atom is -0.351 e. The smallest absolute Gasteiger partial charge is 0.267 e. The Morgan fingerprint density at radius 1 is 1.22 bits per heavy atom. The zero-order valence-corrected chi connectivity index (χ0v) is 17.9. The van der Waals surface area contributed by atoms with E-state index in [0.717, 1.165) is 33.2 Å². The molecule has 3 heterocycles. The third-order valence-corrected chi connectivity index (χ3v) is 6.87. The molecule has 2 amide bonds. The zero-order chi connectivity index (χ0) is 19.4. The minimum atomic E-state index is -0.108. The number of rotatable bonds is 7. The van der Waals surface area contributed by atoms with Gasteiger partial charge in [-0.2, -0.15) is 0 Å². The van der Waals surface area contributed by atoms with Crippen molar-refractivity contribution < 1.29 is 9.59 Å². The number of aryl methyl sites for hydroxylation is 2. The van der Waals surface area contributed by atoms with Crippen molar-refractivity contribution >= 4 is 51.0 Å². The first-order valence-electron chi connectivity index (χ1n) is 8.66. The Hall–Kier alpha value is -2.03. The van der Waals surface area contributed by atoms with E-state index in [1.165, 1.54) is 40.0 Å². The molecule has 27 heavy (non-hydrogen) atoms. The predicted octanol–water partition coefficient (Wildman–Crippen LogP) is 5.08. The van der Waals surface area contributed by atoms with E-state index in [1.54, 1.807) is 11.3 Å². The lowest BCUT2D eigenvalue weighted by atomic mass is 10.1. The van der Waals surface area contributed by atoms with Gasteiger partial charge in [0, 0.05) is 22.1 Å². The molecule has 0 fully saturated rings. The van der Waals surface area contributed by atoms with Crippen LogP contribution in [0.25, 0.3) is 10.6 Å². The van der Waals surface area contributed by atoms with E-state index in [-0.39, 0.29) is 11.8 Å². The van der Waals surface area contributed by atoms with Crippen LogP contribution >= 0.6 is 34.0 Å². The Labute approximate surface area is 170 Å². The highest BCUT2D eigenvalue weighted by Crippen LogP contribution is 2.31. The molecule has 5 nitrogen and oxygen atoms in total. The van der Waals surface area contributed by atoms with E-state index in [2.05, 4.69) is 29.5 Å². The molecule has 2 N–H and O–H groups in total. The molecule has 3 aromatic heterocycles. The maximum Gasteiger partial charge on any atom is 0.267 e. The lowest BCUT2D eigenvalue weighted by molar-refractivity contribution is -0.119. The topological polar surface area (TPSA) is 71.1 Å². The Balaban J connectivity index is 1.66. The summed E-state index contributed by atoms with van der Waals surface area (Å²) >= 11 is 4.53. The van der Waals surface area contributed by atoms with Gasteiger partial charge in [0.05, 0.1) is 22.0 Å². The van der Waals surface area contributed by atoms with Crippen molar-refractivity contribution in [3.63, 3.8) is 0 Å². The molecular weight excluding hydrogens is 398 g/mol. The molecule has 3 rings (SSSR count). The fraction of sp³-hybridized carbons (Fsp3) is 0.316. The van der Waals surface area contributed by atoms with Crippen molar-refractivity contribution in [2.24, 2.45) is 0 Å². The highest BCUT2D eigenvalue weighted by molar-refractivity contribution is 7.17. The van der Waals surface area contributed by atoms with E-state index >= 15 is 0 Å². The Kier molecular flexibility index (Phi) is 6.41. The SMILES string of the molecule is CCCc1cc(C(=O)Nc2nc(-c3ccc(CNC(C)=O)s3)cs2)sc1C. The van der Waals surface area contributed by atoms with Gasteiger partial charge in [-0.05, 0) is 37.1 Å². The van der Waals surface area contributed by atoms with Gasteiger partial charge in [0.1, 0.15) is 0 Å². The molecule has 0 saturated heterocycles. The van der Waals surface area contributed by atoms with E-state index in [1.807, 2.05) is 23.6 Å². The van der Waals surface area contributed by atoms with Crippen LogP contribution in [0.15, 0.2) is 23.6 Å². The maximum atomic E-state index is 12.5. The quantitative estimate of drug-likeness (QED) is 0.561. The average molecular weight is 420 g/mol. The van der Waals surface area contributed by atoms with Gasteiger partial charge in [0.15, 0.2) is 5.13 Å². The molecule has 0 aliphatic heterocycles. The summed E-state index contributed by atoms with van der Waals surface area (Å²) in [5, 5.41) is 8.22. The number of carbonyl (C=O) groups is 2. The molecule has 0 aliphatic rings. The molecule has 0 aliphatic carbocycles. The summed E-state index contributed by atoms with van der Waals surface area (Å²) in [7, 11) is 0. The normalized spacial score (nSPS) is 10.8. The summed E-state index contributed by atoms with van der Waals surface area (Å²) in [6.45, 7) is 6.22. The predicted molar refractivity (Wildman–Crippen MR) is 114 cm³/mol. The van der Waals surface area contributed by atoms with Crippen LogP contribution in [0.5, 0.6) is 0 Å². The number of anilines is 1. The number of nitrogens with one attached hydrogen (secondary N) is 2. The molecule has 0 aromatic carbocycles. The van der Waals surface area contributed by atoms with Gasteiger partial charge in [-0.15, -0.1) is 34.0 Å². The van der Waals surface area contributed by atoms with Gasteiger partial charge in [0.2, 0.25) is 5.91 Å². The second kappa shape index (κ2) is 8.77. The maximum absolute atomic E-state index is 12.5. The second-order valence-corrected chi connectivity index (χ2v) is 9.39.